The van der Waals surface area contributed by atoms with Crippen molar-refractivity contribution in [2.75, 3.05) is 5.32 Å². The number of carbonyl (C=O) groups is 1. The van der Waals surface area contributed by atoms with E-state index in [-0.39, 0.29) is 5.92 Å². The summed E-state index contributed by atoms with van der Waals surface area (Å²) in [5.41, 5.74) is 0.672. The Bertz CT molecular complexity index is 595. The maximum absolute atomic E-state index is 11.3. The lowest BCUT2D eigenvalue weighted by atomic mass is 9.99. The van der Waals surface area contributed by atoms with Gasteiger partial charge in [-0.05, 0) is 5.92 Å². The summed E-state index contributed by atoms with van der Waals surface area (Å²) < 4.78 is 1.63. The van der Waals surface area contributed by atoms with Gasteiger partial charge < -0.3 is 10.4 Å². The minimum Gasteiger partial charge on any atom is -0.480 e. The molecule has 0 unspecified atom stereocenters. The number of hydrogen-bond donors (Lipinski definition) is 2. The Morgan fingerprint density at radius 1 is 1.53 bits per heavy atom. The van der Waals surface area contributed by atoms with E-state index < -0.39 is 12.0 Å². The van der Waals surface area contributed by atoms with Crippen molar-refractivity contribution in [3.8, 4) is 0 Å². The van der Waals surface area contributed by atoms with Crippen LogP contribution in [0, 0.1) is 5.92 Å². The van der Waals surface area contributed by atoms with E-state index in [9.17, 15) is 9.90 Å². The van der Waals surface area contributed by atoms with Crippen LogP contribution >= 0.6 is 0 Å². The Hall–Kier alpha value is -2.18. The Labute approximate surface area is 110 Å². The van der Waals surface area contributed by atoms with E-state index in [1.807, 2.05) is 13.8 Å². The van der Waals surface area contributed by atoms with E-state index in [4.69, 9.17) is 0 Å². The quantitative estimate of drug-likeness (QED) is 0.844. The molecule has 2 heterocycles. The van der Waals surface area contributed by atoms with Crippen LogP contribution in [0.1, 0.15) is 20.3 Å². The average Bonchev–Trinajstić information content (AvgIpc) is 2.77. The summed E-state index contributed by atoms with van der Waals surface area (Å²) in [6, 6.07) is -0.677. The van der Waals surface area contributed by atoms with Crippen LogP contribution in [0.2, 0.25) is 0 Å². The smallest absolute Gasteiger partial charge is 0.326 e. The minimum atomic E-state index is -0.884. The van der Waals surface area contributed by atoms with Gasteiger partial charge in [0.25, 0.3) is 0 Å². The summed E-state index contributed by atoms with van der Waals surface area (Å²) in [6.07, 6.45) is 3.81. The lowest BCUT2D eigenvalue weighted by Gasteiger charge is -2.20. The highest BCUT2D eigenvalue weighted by Gasteiger charge is 2.24. The third-order valence-corrected chi connectivity index (χ3v) is 3.30. The number of nitrogens with one attached hydrogen (secondary N) is 1. The normalized spacial score (nSPS) is 14.3. The zero-order valence-corrected chi connectivity index (χ0v) is 11.2. The number of hydrogen-bond acceptors (Lipinski definition) is 5. The Balaban J connectivity index is 2.36. The number of aromatic nitrogens is 4. The summed E-state index contributed by atoms with van der Waals surface area (Å²) in [4.78, 5) is 19.6. The number of carboxylic acids is 1. The Morgan fingerprint density at radius 2 is 2.26 bits per heavy atom. The second-order valence-electron chi connectivity index (χ2n) is 4.57. The molecule has 0 fully saturated rings. The number of nitrogens with zero attached hydrogens (tertiary/aromatic N) is 4. The number of fused-ring (bicyclic) bond motifs is 1. The second kappa shape index (κ2) is 5.21. The average molecular weight is 263 g/mol. The largest absolute Gasteiger partial charge is 0.480 e. The summed E-state index contributed by atoms with van der Waals surface area (Å²) in [6.45, 7) is 3.86. The van der Waals surface area contributed by atoms with Crippen LogP contribution in [0.5, 0.6) is 0 Å². The third-order valence-electron chi connectivity index (χ3n) is 3.30. The van der Waals surface area contributed by atoms with Crippen molar-refractivity contribution in [3.05, 3.63) is 12.5 Å². The van der Waals surface area contributed by atoms with Crippen LogP contribution < -0.4 is 5.32 Å². The van der Waals surface area contributed by atoms with Crippen LogP contribution in [0.3, 0.4) is 0 Å². The molecule has 2 atom stereocenters. The molecule has 0 aliphatic rings. The van der Waals surface area contributed by atoms with Crippen molar-refractivity contribution in [2.45, 2.75) is 26.3 Å². The van der Waals surface area contributed by atoms with Crippen LogP contribution in [-0.2, 0) is 11.8 Å². The molecule has 0 saturated carbocycles. The lowest BCUT2D eigenvalue weighted by molar-refractivity contribution is -0.139. The fourth-order valence-electron chi connectivity index (χ4n) is 1.91. The predicted octanol–water partition coefficient (Wildman–Crippen LogP) is 1.27. The summed E-state index contributed by atoms with van der Waals surface area (Å²) >= 11 is 0. The highest BCUT2D eigenvalue weighted by Crippen LogP contribution is 2.21. The van der Waals surface area contributed by atoms with Crippen LogP contribution in [0.4, 0.5) is 5.82 Å². The fraction of sp³-hybridized carbons (Fsp3) is 0.500. The van der Waals surface area contributed by atoms with Gasteiger partial charge in [0.05, 0.1) is 11.6 Å². The fourth-order valence-corrected chi connectivity index (χ4v) is 1.91. The molecular formula is C12H17N5O2. The number of rotatable bonds is 5. The minimum absolute atomic E-state index is 0.000753. The maximum Gasteiger partial charge on any atom is 0.326 e. The van der Waals surface area contributed by atoms with Gasteiger partial charge in [-0.25, -0.2) is 14.8 Å². The molecule has 7 heteroatoms. The van der Waals surface area contributed by atoms with Crippen molar-refractivity contribution in [1.29, 1.82) is 0 Å². The molecule has 0 amide bonds. The maximum atomic E-state index is 11.3. The Morgan fingerprint density at radius 3 is 2.89 bits per heavy atom. The van der Waals surface area contributed by atoms with Gasteiger partial charge in [0.1, 0.15) is 18.2 Å². The van der Waals surface area contributed by atoms with E-state index in [1.54, 1.807) is 17.9 Å². The van der Waals surface area contributed by atoms with E-state index in [1.165, 1.54) is 6.33 Å². The molecule has 102 valence electrons. The molecule has 0 saturated heterocycles. The SMILES string of the molecule is CC[C@H](C)[C@H](Nc1ncnc2c1cnn2C)C(=O)O. The zero-order chi connectivity index (χ0) is 14.0. The highest BCUT2D eigenvalue weighted by molar-refractivity contribution is 5.88. The first-order chi connectivity index (χ1) is 9.04. The van der Waals surface area contributed by atoms with Crippen molar-refractivity contribution in [3.63, 3.8) is 0 Å². The van der Waals surface area contributed by atoms with E-state index in [0.717, 1.165) is 11.8 Å². The molecule has 0 aliphatic heterocycles. The first-order valence-electron chi connectivity index (χ1n) is 6.16. The van der Waals surface area contributed by atoms with Gasteiger partial charge in [0, 0.05) is 7.05 Å². The topological polar surface area (TPSA) is 92.9 Å². The van der Waals surface area contributed by atoms with Gasteiger partial charge >= 0.3 is 5.97 Å². The summed E-state index contributed by atoms with van der Waals surface area (Å²) in [5.74, 6) is -0.380. The predicted molar refractivity (Wildman–Crippen MR) is 70.8 cm³/mol. The van der Waals surface area contributed by atoms with E-state index >= 15 is 0 Å². The van der Waals surface area contributed by atoms with Crippen LogP contribution in [0.25, 0.3) is 11.0 Å². The highest BCUT2D eigenvalue weighted by atomic mass is 16.4. The molecule has 0 aliphatic carbocycles. The van der Waals surface area contributed by atoms with Crippen molar-refractivity contribution in [1.82, 2.24) is 19.7 Å². The molecule has 0 aromatic carbocycles. The molecule has 2 aromatic heterocycles. The van der Waals surface area contributed by atoms with E-state index in [2.05, 4.69) is 20.4 Å². The molecule has 0 spiro atoms. The molecule has 0 bridgehead atoms. The molecule has 2 aromatic rings. The number of aliphatic carboxylic acids is 1. The van der Waals surface area contributed by atoms with Crippen molar-refractivity contribution < 1.29 is 9.90 Å². The number of carboxylic acid groups (broad SMARTS) is 1. The molecule has 0 radical (unpaired) electrons. The van der Waals surface area contributed by atoms with Gasteiger partial charge in [0.2, 0.25) is 0 Å². The second-order valence-corrected chi connectivity index (χ2v) is 4.57. The molecule has 7 nitrogen and oxygen atoms in total. The van der Waals surface area contributed by atoms with Gasteiger partial charge in [0.15, 0.2) is 5.65 Å². The third kappa shape index (κ3) is 2.49. The first-order valence-corrected chi connectivity index (χ1v) is 6.16. The molecular weight excluding hydrogens is 246 g/mol. The van der Waals surface area contributed by atoms with E-state index in [0.29, 0.717) is 11.5 Å². The lowest BCUT2D eigenvalue weighted by Crippen LogP contribution is -2.35. The van der Waals surface area contributed by atoms with Gasteiger partial charge in [-0.2, -0.15) is 5.10 Å². The van der Waals surface area contributed by atoms with Gasteiger partial charge in [-0.15, -0.1) is 0 Å². The van der Waals surface area contributed by atoms with Gasteiger partial charge in [-0.1, -0.05) is 20.3 Å². The molecule has 19 heavy (non-hydrogen) atoms. The van der Waals surface area contributed by atoms with Crippen LogP contribution in [0.15, 0.2) is 12.5 Å². The standard InChI is InChI=1S/C12H17N5O2/c1-4-7(2)9(12(18)19)16-10-8-5-15-17(3)11(8)14-6-13-10/h5-7,9H,4H2,1-3H3,(H,18,19)(H,13,14,16)/t7-,9-/m0/s1. The Kier molecular flexibility index (Phi) is 3.64. The first kappa shape index (κ1) is 13.3. The van der Waals surface area contributed by atoms with Crippen LogP contribution in [-0.4, -0.2) is 36.9 Å². The van der Waals surface area contributed by atoms with Gasteiger partial charge in [-0.3, -0.25) is 4.68 Å². The monoisotopic (exact) mass is 263 g/mol. The zero-order valence-electron chi connectivity index (χ0n) is 11.2. The summed E-state index contributed by atoms with van der Waals surface area (Å²) in [5, 5.41) is 17.1. The molecule has 2 rings (SSSR count). The number of aryl methyl sites for hydroxylation is 1. The van der Waals surface area contributed by atoms with Crippen molar-refractivity contribution in [2.24, 2.45) is 13.0 Å². The summed E-state index contributed by atoms with van der Waals surface area (Å²) in [7, 11) is 1.78. The number of anilines is 1. The molecule has 2 N–H and O–H groups in total. The van der Waals surface area contributed by atoms with Crippen molar-refractivity contribution >= 4 is 22.8 Å².